The molecule has 0 aliphatic carbocycles. The lowest BCUT2D eigenvalue weighted by Crippen LogP contribution is -2.14. The second kappa shape index (κ2) is 7.32. The predicted octanol–water partition coefficient (Wildman–Crippen LogP) is 1.98. The minimum Gasteiger partial charge on any atom is -0.482 e. The monoisotopic (exact) mass is 251 g/mol. The van der Waals surface area contributed by atoms with E-state index >= 15 is 0 Å². The summed E-state index contributed by atoms with van der Waals surface area (Å²) in [5.41, 5.74) is 0.699. The molecule has 1 amide bonds. The van der Waals surface area contributed by atoms with Crippen molar-refractivity contribution in [1.82, 2.24) is 0 Å². The van der Waals surface area contributed by atoms with Crippen molar-refractivity contribution in [3.8, 4) is 5.75 Å². The van der Waals surface area contributed by atoms with Crippen molar-refractivity contribution in [3.05, 3.63) is 24.3 Å². The smallest absolute Gasteiger partial charge is 0.344 e. The molecule has 0 saturated heterocycles. The summed E-state index contributed by atoms with van der Waals surface area (Å²) in [6.45, 7) is 3.74. The molecule has 0 aliphatic heterocycles. The van der Waals surface area contributed by atoms with Crippen LogP contribution < -0.4 is 10.1 Å². The molecule has 0 bridgehead atoms. The van der Waals surface area contributed by atoms with Gasteiger partial charge in [-0.05, 0) is 31.2 Å². The number of nitrogens with one attached hydrogen (secondary N) is 1. The number of esters is 1. The van der Waals surface area contributed by atoms with Gasteiger partial charge in [-0.2, -0.15) is 0 Å². The number of amides is 1. The van der Waals surface area contributed by atoms with E-state index in [4.69, 9.17) is 9.47 Å². The summed E-state index contributed by atoms with van der Waals surface area (Å²) in [5.74, 6) is 0.105. The third-order valence-electron chi connectivity index (χ3n) is 2.12. The second-order valence-corrected chi connectivity index (χ2v) is 3.52. The zero-order valence-electron chi connectivity index (χ0n) is 10.6. The van der Waals surface area contributed by atoms with E-state index in [-0.39, 0.29) is 12.5 Å². The Hall–Kier alpha value is -2.04. The average Bonchev–Trinajstić information content (AvgIpc) is 2.38. The molecule has 1 N–H and O–H groups in total. The van der Waals surface area contributed by atoms with E-state index in [9.17, 15) is 9.59 Å². The molecule has 0 fully saturated rings. The molecule has 5 heteroatoms. The van der Waals surface area contributed by atoms with Crippen molar-refractivity contribution < 1.29 is 19.1 Å². The van der Waals surface area contributed by atoms with E-state index in [0.29, 0.717) is 24.5 Å². The van der Waals surface area contributed by atoms with Gasteiger partial charge in [0.2, 0.25) is 5.91 Å². The fraction of sp³-hybridized carbons (Fsp3) is 0.385. The molecule has 0 saturated carbocycles. The third-order valence-corrected chi connectivity index (χ3v) is 2.12. The minimum absolute atomic E-state index is 0.0461. The summed E-state index contributed by atoms with van der Waals surface area (Å²) in [7, 11) is 0. The van der Waals surface area contributed by atoms with Gasteiger partial charge >= 0.3 is 5.97 Å². The molecule has 0 spiro atoms. The summed E-state index contributed by atoms with van der Waals surface area (Å²) < 4.78 is 9.95. The van der Waals surface area contributed by atoms with Crippen molar-refractivity contribution in [2.75, 3.05) is 18.5 Å². The summed E-state index contributed by atoms with van der Waals surface area (Å²) >= 11 is 0. The van der Waals surface area contributed by atoms with Crippen molar-refractivity contribution >= 4 is 17.6 Å². The lowest BCUT2D eigenvalue weighted by atomic mass is 10.3. The Labute approximate surface area is 106 Å². The van der Waals surface area contributed by atoms with Crippen molar-refractivity contribution in [1.29, 1.82) is 0 Å². The van der Waals surface area contributed by atoms with Crippen LogP contribution >= 0.6 is 0 Å². The number of hydrogen-bond donors (Lipinski definition) is 1. The fourth-order valence-corrected chi connectivity index (χ4v) is 1.23. The average molecular weight is 251 g/mol. The zero-order chi connectivity index (χ0) is 13.4. The van der Waals surface area contributed by atoms with Gasteiger partial charge in [-0.25, -0.2) is 4.79 Å². The Morgan fingerprint density at radius 1 is 1.17 bits per heavy atom. The molecule has 0 radical (unpaired) electrons. The highest BCUT2D eigenvalue weighted by Gasteiger charge is 2.03. The number of rotatable bonds is 6. The van der Waals surface area contributed by atoms with Gasteiger partial charge in [-0.1, -0.05) is 6.92 Å². The molecule has 1 aromatic rings. The van der Waals surface area contributed by atoms with Gasteiger partial charge < -0.3 is 14.8 Å². The predicted molar refractivity (Wildman–Crippen MR) is 67.5 cm³/mol. The van der Waals surface area contributed by atoms with Gasteiger partial charge in [-0.3, -0.25) is 4.79 Å². The molecule has 18 heavy (non-hydrogen) atoms. The lowest BCUT2D eigenvalue weighted by molar-refractivity contribution is -0.145. The van der Waals surface area contributed by atoms with Crippen LogP contribution in [0.1, 0.15) is 20.3 Å². The molecular formula is C13H17NO4. The zero-order valence-corrected chi connectivity index (χ0v) is 10.6. The number of carbonyl (C=O) groups excluding carboxylic acids is 2. The Morgan fingerprint density at radius 2 is 1.83 bits per heavy atom. The molecule has 98 valence electrons. The van der Waals surface area contributed by atoms with Gasteiger partial charge in [0, 0.05) is 12.1 Å². The van der Waals surface area contributed by atoms with Crippen molar-refractivity contribution in [2.45, 2.75) is 20.3 Å². The third kappa shape index (κ3) is 4.86. The first-order valence-electron chi connectivity index (χ1n) is 5.84. The Kier molecular flexibility index (Phi) is 5.70. The van der Waals surface area contributed by atoms with Crippen LogP contribution in [0.15, 0.2) is 24.3 Å². The number of ether oxygens (including phenoxy) is 2. The van der Waals surface area contributed by atoms with Crippen molar-refractivity contribution in [3.63, 3.8) is 0 Å². The summed E-state index contributed by atoms with van der Waals surface area (Å²) in [4.78, 5) is 22.2. The fourth-order valence-electron chi connectivity index (χ4n) is 1.23. The highest BCUT2D eigenvalue weighted by molar-refractivity contribution is 5.90. The van der Waals surface area contributed by atoms with E-state index < -0.39 is 5.97 Å². The molecule has 0 heterocycles. The van der Waals surface area contributed by atoms with Crippen LogP contribution in [-0.4, -0.2) is 25.1 Å². The van der Waals surface area contributed by atoms with Crippen LogP contribution in [-0.2, 0) is 14.3 Å². The lowest BCUT2D eigenvalue weighted by Gasteiger charge is -2.07. The van der Waals surface area contributed by atoms with Crippen molar-refractivity contribution in [2.24, 2.45) is 0 Å². The Morgan fingerprint density at radius 3 is 2.39 bits per heavy atom. The van der Waals surface area contributed by atoms with Gasteiger partial charge in [0.25, 0.3) is 0 Å². The van der Waals surface area contributed by atoms with Gasteiger partial charge in [0.15, 0.2) is 6.61 Å². The molecule has 5 nitrogen and oxygen atoms in total. The first-order valence-corrected chi connectivity index (χ1v) is 5.84. The molecular weight excluding hydrogens is 234 g/mol. The normalized spacial score (nSPS) is 9.67. The highest BCUT2D eigenvalue weighted by Crippen LogP contribution is 2.15. The van der Waals surface area contributed by atoms with E-state index in [1.165, 1.54) is 0 Å². The van der Waals surface area contributed by atoms with Crippen LogP contribution in [0.25, 0.3) is 0 Å². The maximum absolute atomic E-state index is 11.1. The topological polar surface area (TPSA) is 64.6 Å². The number of hydrogen-bond acceptors (Lipinski definition) is 4. The molecule has 0 aliphatic rings. The molecule has 0 atom stereocenters. The van der Waals surface area contributed by atoms with Gasteiger partial charge in [0.05, 0.1) is 6.61 Å². The summed E-state index contributed by atoms with van der Waals surface area (Å²) in [6.07, 6.45) is 0.432. The molecule has 0 unspecified atom stereocenters. The largest absolute Gasteiger partial charge is 0.482 e. The van der Waals surface area contributed by atoms with Crippen LogP contribution in [0.3, 0.4) is 0 Å². The number of carbonyl (C=O) groups is 2. The van der Waals surface area contributed by atoms with E-state index in [1.807, 2.05) is 0 Å². The van der Waals surface area contributed by atoms with Crippen LogP contribution in [0.2, 0.25) is 0 Å². The van der Waals surface area contributed by atoms with Crippen LogP contribution in [0.5, 0.6) is 5.75 Å². The maximum atomic E-state index is 11.1. The summed E-state index contributed by atoms with van der Waals surface area (Å²) in [6, 6.07) is 6.80. The van der Waals surface area contributed by atoms with E-state index in [0.717, 1.165) is 0 Å². The van der Waals surface area contributed by atoms with Gasteiger partial charge in [0.1, 0.15) is 5.75 Å². The maximum Gasteiger partial charge on any atom is 0.344 e. The minimum atomic E-state index is -0.402. The van der Waals surface area contributed by atoms with Crippen LogP contribution in [0.4, 0.5) is 5.69 Å². The molecule has 1 rings (SSSR count). The van der Waals surface area contributed by atoms with Gasteiger partial charge in [-0.15, -0.1) is 0 Å². The number of benzene rings is 1. The van der Waals surface area contributed by atoms with E-state index in [1.54, 1.807) is 38.1 Å². The molecule has 1 aromatic carbocycles. The standard InChI is InChI=1S/C13H17NO4/c1-3-12(15)14-10-5-7-11(8-6-10)18-9-13(16)17-4-2/h5-8H,3-4,9H2,1-2H3,(H,14,15). The van der Waals surface area contributed by atoms with E-state index in [2.05, 4.69) is 5.32 Å². The summed E-state index contributed by atoms with van der Waals surface area (Å²) in [5, 5.41) is 2.72. The first-order chi connectivity index (χ1) is 8.65. The quantitative estimate of drug-likeness (QED) is 0.785. The molecule has 0 aromatic heterocycles. The van der Waals surface area contributed by atoms with Crippen LogP contribution in [0, 0.1) is 0 Å². The number of anilines is 1. The SMILES string of the molecule is CCOC(=O)COc1ccc(NC(=O)CC)cc1. The second-order valence-electron chi connectivity index (χ2n) is 3.52. The highest BCUT2D eigenvalue weighted by atomic mass is 16.6. The first kappa shape index (κ1) is 14.0. The Balaban J connectivity index is 2.45. The Bertz CT molecular complexity index is 400.